The van der Waals surface area contributed by atoms with E-state index in [-0.39, 0.29) is 5.91 Å². The van der Waals surface area contributed by atoms with Gasteiger partial charge >= 0.3 is 0 Å². The van der Waals surface area contributed by atoms with Gasteiger partial charge in [-0.1, -0.05) is 26.8 Å². The molecule has 0 aliphatic carbocycles. The Kier molecular flexibility index (Phi) is 4.33. The number of rotatable bonds is 5. The van der Waals surface area contributed by atoms with E-state index in [0.29, 0.717) is 6.04 Å². The minimum atomic E-state index is -0.404. The van der Waals surface area contributed by atoms with E-state index in [2.05, 4.69) is 10.6 Å². The first kappa shape index (κ1) is 14.9. The number of hydrogen-bond acceptors (Lipinski definition) is 3. The lowest BCUT2D eigenvalue weighted by molar-refractivity contribution is -0.123. The smallest absolute Gasteiger partial charge is 0.229 e. The zero-order valence-corrected chi connectivity index (χ0v) is 12.7. The first-order chi connectivity index (χ1) is 9.41. The second-order valence-electron chi connectivity index (χ2n) is 6.33. The van der Waals surface area contributed by atoms with Crippen LogP contribution < -0.4 is 15.4 Å². The molecule has 1 fully saturated rings. The number of carbonyl (C=O) groups excluding carboxylic acids is 1. The van der Waals surface area contributed by atoms with Gasteiger partial charge in [0.2, 0.25) is 5.91 Å². The Bertz CT molecular complexity index is 488. The Balaban J connectivity index is 2.18. The van der Waals surface area contributed by atoms with E-state index in [4.69, 9.17) is 4.74 Å². The third kappa shape index (κ3) is 3.73. The topological polar surface area (TPSA) is 60.3 Å². The summed E-state index contributed by atoms with van der Waals surface area (Å²) in [6, 6.07) is 6.42. The lowest BCUT2D eigenvalue weighted by Crippen LogP contribution is -2.28. The normalized spacial score (nSPS) is 17.7. The number of benzene rings is 1. The number of ether oxygens (including phenoxy) is 1. The van der Waals surface area contributed by atoms with Gasteiger partial charge in [0, 0.05) is 29.3 Å². The molecule has 4 nitrogen and oxygen atoms in total. The summed E-state index contributed by atoms with van der Waals surface area (Å²) in [5, 5.41) is 6.33. The molecule has 1 aromatic rings. The standard InChI is InChI=1S/C16H24N2O2/c1-16(2,3)15(19)18-13-6-5-7-14(20-4)12(13)9-8-11-10-17-11/h5-7,11,17H,8-10H2,1-4H3,(H,18,19). The number of amides is 1. The molecule has 4 heteroatoms. The zero-order chi connectivity index (χ0) is 14.8. The van der Waals surface area contributed by atoms with Crippen LogP contribution in [0.25, 0.3) is 0 Å². The first-order valence-corrected chi connectivity index (χ1v) is 7.12. The molecule has 0 radical (unpaired) electrons. The van der Waals surface area contributed by atoms with E-state index in [9.17, 15) is 4.79 Å². The minimum Gasteiger partial charge on any atom is -0.496 e. The molecule has 1 atom stereocenters. The van der Waals surface area contributed by atoms with Crippen LogP contribution in [0.4, 0.5) is 5.69 Å². The van der Waals surface area contributed by atoms with Crippen LogP contribution in [-0.2, 0) is 11.2 Å². The van der Waals surface area contributed by atoms with Crippen LogP contribution in [0.15, 0.2) is 18.2 Å². The lowest BCUT2D eigenvalue weighted by Gasteiger charge is -2.20. The van der Waals surface area contributed by atoms with E-state index in [1.165, 1.54) is 0 Å². The average molecular weight is 276 g/mol. The maximum atomic E-state index is 12.2. The molecule has 0 spiro atoms. The Labute approximate surface area is 120 Å². The van der Waals surface area contributed by atoms with Crippen LogP contribution in [0.5, 0.6) is 5.75 Å². The molecule has 1 saturated heterocycles. The van der Waals surface area contributed by atoms with Gasteiger partial charge in [-0.15, -0.1) is 0 Å². The molecule has 1 heterocycles. The van der Waals surface area contributed by atoms with Gasteiger partial charge in [-0.05, 0) is 25.0 Å². The van der Waals surface area contributed by atoms with Crippen LogP contribution in [0.2, 0.25) is 0 Å². The summed E-state index contributed by atoms with van der Waals surface area (Å²) < 4.78 is 5.43. The fourth-order valence-corrected chi connectivity index (χ4v) is 2.05. The number of nitrogens with one attached hydrogen (secondary N) is 2. The molecule has 1 unspecified atom stereocenters. The highest BCUT2D eigenvalue weighted by Gasteiger charge is 2.24. The van der Waals surface area contributed by atoms with Crippen molar-refractivity contribution in [2.45, 2.75) is 39.7 Å². The van der Waals surface area contributed by atoms with Gasteiger partial charge in [0.1, 0.15) is 5.75 Å². The molecule has 1 aliphatic rings. The van der Waals surface area contributed by atoms with Gasteiger partial charge in [0.25, 0.3) is 0 Å². The average Bonchev–Trinajstić information content (AvgIpc) is 3.19. The molecule has 1 aliphatic heterocycles. The predicted octanol–water partition coefficient (Wildman–Crippen LogP) is 2.58. The van der Waals surface area contributed by atoms with Crippen molar-refractivity contribution in [2.24, 2.45) is 5.41 Å². The first-order valence-electron chi connectivity index (χ1n) is 7.12. The Hall–Kier alpha value is -1.55. The molecule has 1 aromatic carbocycles. The van der Waals surface area contributed by atoms with Crippen molar-refractivity contribution in [3.63, 3.8) is 0 Å². The molecule has 2 rings (SSSR count). The Morgan fingerprint density at radius 1 is 1.45 bits per heavy atom. The summed E-state index contributed by atoms with van der Waals surface area (Å²) in [7, 11) is 1.67. The van der Waals surface area contributed by atoms with Crippen molar-refractivity contribution in [2.75, 3.05) is 19.0 Å². The molecule has 0 saturated carbocycles. The van der Waals surface area contributed by atoms with Crippen LogP contribution in [-0.4, -0.2) is 25.6 Å². The van der Waals surface area contributed by atoms with Crippen molar-refractivity contribution >= 4 is 11.6 Å². The summed E-state index contributed by atoms with van der Waals surface area (Å²) in [5.74, 6) is 0.869. The maximum Gasteiger partial charge on any atom is 0.229 e. The summed E-state index contributed by atoms with van der Waals surface area (Å²) in [5.41, 5.74) is 1.55. The fraction of sp³-hybridized carbons (Fsp3) is 0.562. The van der Waals surface area contributed by atoms with Gasteiger partial charge in [-0.25, -0.2) is 0 Å². The zero-order valence-electron chi connectivity index (χ0n) is 12.7. The van der Waals surface area contributed by atoms with Crippen LogP contribution in [0.3, 0.4) is 0 Å². The van der Waals surface area contributed by atoms with E-state index < -0.39 is 5.41 Å². The summed E-state index contributed by atoms with van der Waals surface area (Å²) in [4.78, 5) is 12.2. The van der Waals surface area contributed by atoms with Gasteiger partial charge in [0.05, 0.1) is 7.11 Å². The van der Waals surface area contributed by atoms with Crippen molar-refractivity contribution < 1.29 is 9.53 Å². The third-order valence-corrected chi connectivity index (χ3v) is 3.52. The molecule has 0 bridgehead atoms. The van der Waals surface area contributed by atoms with Crippen molar-refractivity contribution in [1.82, 2.24) is 5.32 Å². The molecule has 110 valence electrons. The molecular weight excluding hydrogens is 252 g/mol. The highest BCUT2D eigenvalue weighted by atomic mass is 16.5. The predicted molar refractivity (Wildman–Crippen MR) is 81.2 cm³/mol. The van der Waals surface area contributed by atoms with E-state index >= 15 is 0 Å². The van der Waals surface area contributed by atoms with Crippen molar-refractivity contribution in [3.8, 4) is 5.75 Å². The third-order valence-electron chi connectivity index (χ3n) is 3.52. The van der Waals surface area contributed by atoms with Crippen molar-refractivity contribution in [3.05, 3.63) is 23.8 Å². The Morgan fingerprint density at radius 3 is 2.70 bits per heavy atom. The van der Waals surface area contributed by atoms with Crippen LogP contribution >= 0.6 is 0 Å². The quantitative estimate of drug-likeness (QED) is 0.813. The second kappa shape index (κ2) is 5.83. The monoisotopic (exact) mass is 276 g/mol. The molecule has 1 amide bonds. The summed E-state index contributed by atoms with van der Waals surface area (Å²) >= 11 is 0. The highest BCUT2D eigenvalue weighted by Crippen LogP contribution is 2.30. The van der Waals surface area contributed by atoms with E-state index in [1.54, 1.807) is 7.11 Å². The summed E-state index contributed by atoms with van der Waals surface area (Å²) in [6.45, 7) is 6.84. The molecule has 0 aromatic heterocycles. The van der Waals surface area contributed by atoms with Gasteiger partial charge in [0.15, 0.2) is 0 Å². The fourth-order valence-electron chi connectivity index (χ4n) is 2.05. The number of carbonyl (C=O) groups is 1. The van der Waals surface area contributed by atoms with Gasteiger partial charge in [-0.2, -0.15) is 0 Å². The second-order valence-corrected chi connectivity index (χ2v) is 6.33. The molecule has 2 N–H and O–H groups in total. The highest BCUT2D eigenvalue weighted by molar-refractivity contribution is 5.95. The Morgan fingerprint density at radius 2 is 2.15 bits per heavy atom. The van der Waals surface area contributed by atoms with Crippen molar-refractivity contribution in [1.29, 1.82) is 0 Å². The minimum absolute atomic E-state index is 0.0246. The maximum absolute atomic E-state index is 12.2. The molecule has 20 heavy (non-hydrogen) atoms. The largest absolute Gasteiger partial charge is 0.496 e. The lowest BCUT2D eigenvalue weighted by atomic mass is 9.95. The molecular formula is C16H24N2O2. The number of anilines is 1. The SMILES string of the molecule is COc1cccc(NC(=O)C(C)(C)C)c1CCC1CN1. The number of methoxy groups -OCH3 is 1. The van der Waals surface area contributed by atoms with Crippen LogP contribution in [0, 0.1) is 5.41 Å². The van der Waals surface area contributed by atoms with E-state index in [0.717, 1.165) is 36.4 Å². The van der Waals surface area contributed by atoms with Gasteiger partial charge in [-0.3, -0.25) is 4.79 Å². The number of hydrogen-bond donors (Lipinski definition) is 2. The van der Waals surface area contributed by atoms with Gasteiger partial charge < -0.3 is 15.4 Å². The van der Waals surface area contributed by atoms with Crippen LogP contribution in [0.1, 0.15) is 32.8 Å². The summed E-state index contributed by atoms with van der Waals surface area (Å²) in [6.07, 6.45) is 1.97. The van der Waals surface area contributed by atoms with E-state index in [1.807, 2.05) is 39.0 Å².